The molecule has 0 unspecified atom stereocenters. The van der Waals surface area contributed by atoms with Crippen LogP contribution in [0.4, 0.5) is 5.69 Å². The summed E-state index contributed by atoms with van der Waals surface area (Å²) in [5.74, 6) is 1.80. The second kappa shape index (κ2) is 11.9. The second-order valence-corrected chi connectivity index (χ2v) is 8.91. The van der Waals surface area contributed by atoms with Crippen molar-refractivity contribution >= 4 is 40.8 Å². The Balaban J connectivity index is 2.09. The van der Waals surface area contributed by atoms with Crippen LogP contribution in [0.1, 0.15) is 45.1 Å². The number of carbonyl (C=O) groups is 2. The summed E-state index contributed by atoms with van der Waals surface area (Å²) in [4.78, 5) is 32.3. The van der Waals surface area contributed by atoms with Crippen LogP contribution in [-0.4, -0.2) is 29.6 Å². The molecule has 0 fully saturated rings. The summed E-state index contributed by atoms with van der Waals surface area (Å²) in [5, 5.41) is 0.623. The summed E-state index contributed by atoms with van der Waals surface area (Å²) in [7, 11) is 0. The lowest BCUT2D eigenvalue weighted by Gasteiger charge is -2.28. The van der Waals surface area contributed by atoms with Gasteiger partial charge in [-0.3, -0.25) is 9.78 Å². The smallest absolute Gasteiger partial charge is 0.335 e. The van der Waals surface area contributed by atoms with Gasteiger partial charge in [-0.15, -0.1) is 6.42 Å². The SMILES string of the molecule is C#CCOC(=O)C1=C(C(=O)N(Cc2cccnc2)c2cc(OC(C)C)c(Cl)cc2Cl)CCCC1. The molecule has 0 aliphatic heterocycles. The maximum Gasteiger partial charge on any atom is 0.335 e. The average molecular weight is 501 g/mol. The minimum atomic E-state index is -0.562. The van der Waals surface area contributed by atoms with Crippen LogP contribution in [-0.2, 0) is 20.9 Å². The zero-order valence-electron chi connectivity index (χ0n) is 19.1. The first-order chi connectivity index (χ1) is 16.3. The number of rotatable bonds is 8. The van der Waals surface area contributed by atoms with E-state index in [1.54, 1.807) is 30.6 Å². The second-order valence-electron chi connectivity index (χ2n) is 8.10. The molecule has 0 N–H and O–H groups in total. The van der Waals surface area contributed by atoms with E-state index in [1.165, 1.54) is 4.90 Å². The van der Waals surface area contributed by atoms with Gasteiger partial charge in [0.15, 0.2) is 6.61 Å². The Morgan fingerprint density at radius 1 is 1.18 bits per heavy atom. The van der Waals surface area contributed by atoms with E-state index in [9.17, 15) is 9.59 Å². The number of amides is 1. The predicted octanol–water partition coefficient (Wildman–Crippen LogP) is 5.76. The van der Waals surface area contributed by atoms with Crippen molar-refractivity contribution in [3.63, 3.8) is 0 Å². The van der Waals surface area contributed by atoms with E-state index in [-0.39, 0.29) is 30.2 Å². The van der Waals surface area contributed by atoms with Crippen LogP contribution < -0.4 is 9.64 Å². The zero-order chi connectivity index (χ0) is 24.7. The zero-order valence-corrected chi connectivity index (χ0v) is 20.7. The van der Waals surface area contributed by atoms with Gasteiger partial charge in [0.25, 0.3) is 5.91 Å². The fourth-order valence-corrected chi connectivity index (χ4v) is 4.26. The molecule has 8 heteroatoms. The number of hydrogen-bond donors (Lipinski definition) is 0. The highest BCUT2D eigenvalue weighted by Crippen LogP contribution is 2.39. The van der Waals surface area contributed by atoms with E-state index >= 15 is 0 Å². The Morgan fingerprint density at radius 2 is 1.91 bits per heavy atom. The van der Waals surface area contributed by atoms with E-state index in [0.717, 1.165) is 18.4 Å². The number of terminal acetylenes is 1. The van der Waals surface area contributed by atoms with Crippen molar-refractivity contribution in [1.29, 1.82) is 0 Å². The van der Waals surface area contributed by atoms with Crippen molar-refractivity contribution in [2.24, 2.45) is 0 Å². The quantitative estimate of drug-likeness (QED) is 0.340. The summed E-state index contributed by atoms with van der Waals surface area (Å²) >= 11 is 12.9. The largest absolute Gasteiger partial charge is 0.489 e. The van der Waals surface area contributed by atoms with E-state index in [1.807, 2.05) is 19.9 Å². The van der Waals surface area contributed by atoms with Crippen molar-refractivity contribution < 1.29 is 19.1 Å². The van der Waals surface area contributed by atoms with Gasteiger partial charge < -0.3 is 14.4 Å². The van der Waals surface area contributed by atoms with Gasteiger partial charge in [-0.05, 0) is 57.2 Å². The van der Waals surface area contributed by atoms with Gasteiger partial charge in [-0.1, -0.05) is 35.2 Å². The van der Waals surface area contributed by atoms with Crippen LogP contribution in [0, 0.1) is 12.3 Å². The first kappa shape index (κ1) is 25.6. The number of ether oxygens (including phenoxy) is 2. The minimum Gasteiger partial charge on any atom is -0.489 e. The molecule has 6 nitrogen and oxygen atoms in total. The first-order valence-electron chi connectivity index (χ1n) is 11.0. The van der Waals surface area contributed by atoms with Crippen molar-refractivity contribution in [1.82, 2.24) is 4.98 Å². The summed E-state index contributed by atoms with van der Waals surface area (Å²) in [5.41, 5.74) is 1.96. The molecule has 178 valence electrons. The molecule has 1 aromatic heterocycles. The molecule has 0 spiro atoms. The third-order valence-corrected chi connectivity index (χ3v) is 5.82. The average Bonchev–Trinajstić information content (AvgIpc) is 2.83. The topological polar surface area (TPSA) is 68.7 Å². The van der Waals surface area contributed by atoms with Crippen molar-refractivity contribution in [2.75, 3.05) is 11.5 Å². The number of carbonyl (C=O) groups excluding carboxylic acids is 2. The van der Waals surface area contributed by atoms with Gasteiger partial charge >= 0.3 is 5.97 Å². The number of aromatic nitrogens is 1. The van der Waals surface area contributed by atoms with Crippen molar-refractivity contribution in [3.8, 4) is 18.1 Å². The Hall–Kier alpha value is -3.01. The lowest BCUT2D eigenvalue weighted by Crippen LogP contribution is -2.34. The van der Waals surface area contributed by atoms with Crippen molar-refractivity contribution in [2.45, 2.75) is 52.2 Å². The number of halogens is 2. The van der Waals surface area contributed by atoms with E-state index in [0.29, 0.717) is 40.4 Å². The van der Waals surface area contributed by atoms with Gasteiger partial charge in [0.05, 0.1) is 28.4 Å². The van der Waals surface area contributed by atoms with Gasteiger partial charge in [0.2, 0.25) is 0 Å². The highest BCUT2D eigenvalue weighted by atomic mass is 35.5. The third-order valence-electron chi connectivity index (χ3n) is 5.22. The molecule has 0 saturated heterocycles. The number of hydrogen-bond acceptors (Lipinski definition) is 5. The predicted molar refractivity (Wildman–Crippen MR) is 133 cm³/mol. The molecule has 2 aromatic rings. The van der Waals surface area contributed by atoms with Crippen LogP contribution in [0.15, 0.2) is 47.8 Å². The molecular weight excluding hydrogens is 475 g/mol. The Labute approximate surface area is 209 Å². The standard InChI is InChI=1S/C26H26Cl2N2O4/c1-4-12-33-26(32)20-10-6-5-9-19(20)25(31)30(16-18-8-7-11-29-15-18)23-14-24(34-17(2)3)22(28)13-21(23)27/h1,7-8,11,13-15,17H,5-6,9-10,12,16H2,2-3H3. The normalized spacial score (nSPS) is 13.4. The minimum absolute atomic E-state index is 0.132. The lowest BCUT2D eigenvalue weighted by molar-refractivity contribution is -0.138. The first-order valence-corrected chi connectivity index (χ1v) is 11.8. The van der Waals surface area contributed by atoms with Crippen LogP contribution >= 0.6 is 23.2 Å². The molecule has 1 aromatic carbocycles. The van der Waals surface area contributed by atoms with Gasteiger partial charge in [-0.25, -0.2) is 4.79 Å². The molecule has 34 heavy (non-hydrogen) atoms. The van der Waals surface area contributed by atoms with Gasteiger partial charge in [-0.2, -0.15) is 0 Å². The Morgan fingerprint density at radius 3 is 2.56 bits per heavy atom. The highest BCUT2D eigenvalue weighted by molar-refractivity contribution is 6.37. The fourth-order valence-electron chi connectivity index (χ4n) is 3.73. The summed E-state index contributed by atoms with van der Waals surface area (Å²) in [6, 6.07) is 6.85. The number of anilines is 1. The molecule has 0 radical (unpaired) electrons. The number of pyridine rings is 1. The summed E-state index contributed by atoms with van der Waals surface area (Å²) in [6.07, 6.45) is 10.9. The number of nitrogens with zero attached hydrogens (tertiary/aromatic N) is 2. The maximum atomic E-state index is 13.9. The van der Waals surface area contributed by atoms with Gasteiger partial charge in [0, 0.05) is 29.6 Å². The molecule has 1 aliphatic carbocycles. The molecule has 1 heterocycles. The van der Waals surface area contributed by atoms with Crippen LogP contribution in [0.5, 0.6) is 5.75 Å². The lowest BCUT2D eigenvalue weighted by atomic mass is 9.90. The molecule has 0 atom stereocenters. The number of benzene rings is 1. The van der Waals surface area contributed by atoms with E-state index < -0.39 is 5.97 Å². The monoisotopic (exact) mass is 500 g/mol. The van der Waals surface area contributed by atoms with E-state index in [4.69, 9.17) is 39.1 Å². The van der Waals surface area contributed by atoms with Gasteiger partial charge in [0.1, 0.15) is 5.75 Å². The van der Waals surface area contributed by atoms with Crippen LogP contribution in [0.2, 0.25) is 10.0 Å². The summed E-state index contributed by atoms with van der Waals surface area (Å²) < 4.78 is 11.0. The third kappa shape index (κ3) is 6.31. The molecular formula is C26H26Cl2N2O4. The maximum absolute atomic E-state index is 13.9. The Kier molecular flexibility index (Phi) is 8.98. The molecule has 1 amide bonds. The molecule has 1 aliphatic rings. The summed E-state index contributed by atoms with van der Waals surface area (Å²) in [6.45, 7) is 3.79. The number of esters is 1. The van der Waals surface area contributed by atoms with Crippen LogP contribution in [0.25, 0.3) is 0 Å². The molecule has 0 bridgehead atoms. The van der Waals surface area contributed by atoms with Crippen molar-refractivity contribution in [3.05, 3.63) is 63.4 Å². The van der Waals surface area contributed by atoms with E-state index in [2.05, 4.69) is 10.9 Å². The molecule has 3 rings (SSSR count). The fraction of sp³-hybridized carbons (Fsp3) is 0.346. The Bertz CT molecular complexity index is 1120. The van der Waals surface area contributed by atoms with Crippen LogP contribution in [0.3, 0.4) is 0 Å². The highest BCUT2D eigenvalue weighted by Gasteiger charge is 2.30. The molecule has 0 saturated carbocycles.